The van der Waals surface area contributed by atoms with E-state index in [1.54, 1.807) is 0 Å². The van der Waals surface area contributed by atoms with Gasteiger partial charge in [-0.2, -0.15) is 0 Å². The molecule has 0 aliphatic carbocycles. The lowest BCUT2D eigenvalue weighted by atomic mass is 10.2. The molecule has 1 saturated heterocycles. The summed E-state index contributed by atoms with van der Waals surface area (Å²) in [5.74, 6) is 0.266. The molecule has 4 nitrogen and oxygen atoms in total. The zero-order chi connectivity index (χ0) is 12.1. The van der Waals surface area contributed by atoms with Crippen LogP contribution in [-0.2, 0) is 4.79 Å². The van der Waals surface area contributed by atoms with Crippen LogP contribution in [0.1, 0.15) is 27.2 Å². The molecule has 1 heterocycles. The van der Waals surface area contributed by atoms with Crippen LogP contribution < -0.4 is 5.32 Å². The first-order valence-electron chi connectivity index (χ1n) is 6.34. The van der Waals surface area contributed by atoms with Gasteiger partial charge in [-0.3, -0.25) is 9.69 Å². The van der Waals surface area contributed by atoms with Crippen LogP contribution in [0.25, 0.3) is 0 Å². The topological polar surface area (TPSA) is 35.6 Å². The summed E-state index contributed by atoms with van der Waals surface area (Å²) >= 11 is 0. The van der Waals surface area contributed by atoms with E-state index in [4.69, 9.17) is 0 Å². The van der Waals surface area contributed by atoms with Crippen LogP contribution in [0.4, 0.5) is 0 Å². The molecule has 1 rings (SSSR count). The van der Waals surface area contributed by atoms with Crippen LogP contribution in [-0.4, -0.2) is 61.0 Å². The number of hydrogen-bond donors (Lipinski definition) is 1. The molecule has 102 valence electrons. The van der Waals surface area contributed by atoms with Crippen molar-refractivity contribution >= 4 is 18.3 Å². The Kier molecular flexibility index (Phi) is 7.75. The third kappa shape index (κ3) is 4.12. The Hall–Kier alpha value is -0.320. The lowest BCUT2D eigenvalue weighted by Crippen LogP contribution is -2.47. The van der Waals surface area contributed by atoms with Crippen LogP contribution in [0.15, 0.2) is 0 Å². The first kappa shape index (κ1) is 16.7. The minimum absolute atomic E-state index is 0. The molecule has 0 aromatic carbocycles. The summed E-state index contributed by atoms with van der Waals surface area (Å²) in [5, 5.41) is 3.28. The van der Waals surface area contributed by atoms with Crippen molar-refractivity contribution in [2.45, 2.75) is 39.3 Å². The normalized spacial score (nSPS) is 22.0. The molecular formula is C12H26ClN3O. The van der Waals surface area contributed by atoms with Gasteiger partial charge in [0, 0.05) is 32.2 Å². The Labute approximate surface area is 111 Å². The fraction of sp³-hybridized carbons (Fsp3) is 0.917. The number of nitrogens with zero attached hydrogens (tertiary/aromatic N) is 2. The van der Waals surface area contributed by atoms with Gasteiger partial charge >= 0.3 is 0 Å². The second-order valence-corrected chi connectivity index (χ2v) is 4.46. The summed E-state index contributed by atoms with van der Waals surface area (Å²) in [6, 6.07) is 0.574. The summed E-state index contributed by atoms with van der Waals surface area (Å²) in [6.07, 6.45) is 1.15. The van der Waals surface area contributed by atoms with Gasteiger partial charge in [0.1, 0.15) is 0 Å². The molecule has 1 N–H and O–H groups in total. The average molecular weight is 264 g/mol. The fourth-order valence-corrected chi connectivity index (χ4v) is 2.33. The molecule has 0 aromatic rings. The predicted octanol–water partition coefficient (Wildman–Crippen LogP) is 0.959. The van der Waals surface area contributed by atoms with Gasteiger partial charge in [0.15, 0.2) is 0 Å². The Bertz CT molecular complexity index is 234. The Morgan fingerprint density at radius 1 is 1.47 bits per heavy atom. The highest BCUT2D eigenvalue weighted by atomic mass is 35.5. The molecule has 0 bridgehead atoms. The maximum atomic E-state index is 12.2. The van der Waals surface area contributed by atoms with Crippen LogP contribution in [0, 0.1) is 0 Å². The van der Waals surface area contributed by atoms with Crippen molar-refractivity contribution in [1.82, 2.24) is 15.1 Å². The second kappa shape index (κ2) is 7.90. The summed E-state index contributed by atoms with van der Waals surface area (Å²) in [4.78, 5) is 16.3. The van der Waals surface area contributed by atoms with Crippen molar-refractivity contribution in [2.75, 3.05) is 33.2 Å². The first-order valence-corrected chi connectivity index (χ1v) is 6.34. The molecular weight excluding hydrogens is 238 g/mol. The highest BCUT2D eigenvalue weighted by molar-refractivity contribution is 5.85. The number of amides is 1. The standard InChI is InChI=1S/C12H25N3O.ClH/c1-5-14(6-2)12(16)10(3)15-8-7-11(9-15)13-4;/h10-11,13H,5-9H2,1-4H3;1H. The minimum Gasteiger partial charge on any atom is -0.342 e. The third-order valence-corrected chi connectivity index (χ3v) is 3.61. The molecule has 0 aromatic heterocycles. The van der Waals surface area contributed by atoms with Crippen LogP contribution in [0.3, 0.4) is 0 Å². The first-order chi connectivity index (χ1) is 7.63. The summed E-state index contributed by atoms with van der Waals surface area (Å²) in [5.41, 5.74) is 0. The Morgan fingerprint density at radius 3 is 2.47 bits per heavy atom. The van der Waals surface area contributed by atoms with Crippen molar-refractivity contribution in [3.63, 3.8) is 0 Å². The molecule has 1 amide bonds. The maximum Gasteiger partial charge on any atom is 0.239 e. The van der Waals surface area contributed by atoms with Gasteiger partial charge in [-0.25, -0.2) is 0 Å². The van der Waals surface area contributed by atoms with Gasteiger partial charge in [-0.1, -0.05) is 0 Å². The number of likely N-dealkylation sites (N-methyl/N-ethyl adjacent to an activating group) is 2. The third-order valence-electron chi connectivity index (χ3n) is 3.61. The van der Waals surface area contributed by atoms with Gasteiger partial charge in [-0.05, 0) is 34.2 Å². The number of nitrogens with one attached hydrogen (secondary N) is 1. The fourth-order valence-electron chi connectivity index (χ4n) is 2.33. The van der Waals surface area contributed by atoms with Gasteiger partial charge in [0.05, 0.1) is 6.04 Å². The van der Waals surface area contributed by atoms with E-state index >= 15 is 0 Å². The molecule has 0 spiro atoms. The molecule has 1 fully saturated rings. The number of carbonyl (C=O) groups excluding carboxylic acids is 1. The smallest absolute Gasteiger partial charge is 0.239 e. The number of halogens is 1. The van der Waals surface area contributed by atoms with E-state index < -0.39 is 0 Å². The second-order valence-electron chi connectivity index (χ2n) is 4.46. The van der Waals surface area contributed by atoms with Gasteiger partial charge in [0.25, 0.3) is 0 Å². The van der Waals surface area contributed by atoms with Crippen LogP contribution in [0.2, 0.25) is 0 Å². The molecule has 1 aliphatic rings. The number of likely N-dealkylation sites (tertiary alicyclic amines) is 1. The van der Waals surface area contributed by atoms with Gasteiger partial charge < -0.3 is 10.2 Å². The predicted molar refractivity (Wildman–Crippen MR) is 73.7 cm³/mol. The lowest BCUT2D eigenvalue weighted by Gasteiger charge is -2.29. The zero-order valence-corrected chi connectivity index (χ0v) is 12.2. The monoisotopic (exact) mass is 263 g/mol. The molecule has 1 aliphatic heterocycles. The van der Waals surface area contributed by atoms with E-state index in [0.29, 0.717) is 6.04 Å². The van der Waals surface area contributed by atoms with Gasteiger partial charge in [-0.15, -0.1) is 12.4 Å². The van der Waals surface area contributed by atoms with Gasteiger partial charge in [0.2, 0.25) is 5.91 Å². The lowest BCUT2D eigenvalue weighted by molar-refractivity contribution is -0.135. The molecule has 0 saturated carbocycles. The number of carbonyl (C=O) groups is 1. The molecule has 0 radical (unpaired) electrons. The maximum absolute atomic E-state index is 12.2. The Morgan fingerprint density at radius 2 is 2.06 bits per heavy atom. The van der Waals surface area contributed by atoms with Crippen molar-refractivity contribution in [3.8, 4) is 0 Å². The van der Waals surface area contributed by atoms with Crippen molar-refractivity contribution in [2.24, 2.45) is 0 Å². The zero-order valence-electron chi connectivity index (χ0n) is 11.4. The highest BCUT2D eigenvalue weighted by Gasteiger charge is 2.30. The van der Waals surface area contributed by atoms with E-state index in [0.717, 1.165) is 32.6 Å². The Balaban J connectivity index is 0.00000256. The molecule has 2 atom stereocenters. The summed E-state index contributed by atoms with van der Waals surface area (Å²) < 4.78 is 0. The molecule has 2 unspecified atom stereocenters. The van der Waals surface area contributed by atoms with E-state index in [1.165, 1.54) is 0 Å². The summed E-state index contributed by atoms with van der Waals surface area (Å²) in [6.45, 7) is 9.73. The largest absolute Gasteiger partial charge is 0.342 e. The van der Waals surface area contributed by atoms with E-state index in [9.17, 15) is 4.79 Å². The number of hydrogen-bond acceptors (Lipinski definition) is 3. The minimum atomic E-state index is 0. The SMILES string of the molecule is CCN(CC)C(=O)C(C)N1CCC(NC)C1.Cl. The van der Waals surface area contributed by atoms with Crippen LogP contribution >= 0.6 is 12.4 Å². The van der Waals surface area contributed by atoms with E-state index in [2.05, 4.69) is 10.2 Å². The molecule has 5 heteroatoms. The van der Waals surface area contributed by atoms with E-state index in [1.807, 2.05) is 32.7 Å². The summed E-state index contributed by atoms with van der Waals surface area (Å²) in [7, 11) is 1.99. The highest BCUT2D eigenvalue weighted by Crippen LogP contribution is 2.14. The van der Waals surface area contributed by atoms with E-state index in [-0.39, 0.29) is 24.4 Å². The number of rotatable bonds is 5. The van der Waals surface area contributed by atoms with Crippen LogP contribution in [0.5, 0.6) is 0 Å². The van der Waals surface area contributed by atoms with Crippen molar-refractivity contribution < 1.29 is 4.79 Å². The quantitative estimate of drug-likeness (QED) is 0.803. The van der Waals surface area contributed by atoms with Crippen molar-refractivity contribution in [3.05, 3.63) is 0 Å². The average Bonchev–Trinajstić information content (AvgIpc) is 2.78. The molecule has 17 heavy (non-hydrogen) atoms. The van der Waals surface area contributed by atoms with Crippen molar-refractivity contribution in [1.29, 1.82) is 0 Å².